The van der Waals surface area contributed by atoms with Crippen LogP contribution in [0, 0.1) is 0 Å². The van der Waals surface area contributed by atoms with Gasteiger partial charge in [-0.3, -0.25) is 10.1 Å². The molecule has 1 aliphatic heterocycles. The van der Waals surface area contributed by atoms with Gasteiger partial charge in [-0.25, -0.2) is 0 Å². The molecule has 0 aromatic carbocycles. The Morgan fingerprint density at radius 1 is 1.22 bits per heavy atom. The van der Waals surface area contributed by atoms with Crippen LogP contribution in [0.2, 0.25) is 0 Å². The number of carbonyl (C=O) groups is 1. The monoisotopic (exact) mass is 272 g/mol. The standard InChI is InChI=1S/C14H28N2OS/c1-6-11-13(17)16(12(7-2)15-11)10-14(8-3,9-4)18-5/h11-12,15H,6-10H2,1-5H3. The van der Waals surface area contributed by atoms with E-state index in [1.54, 1.807) is 0 Å². The van der Waals surface area contributed by atoms with E-state index in [-0.39, 0.29) is 17.0 Å². The van der Waals surface area contributed by atoms with Gasteiger partial charge in [0.2, 0.25) is 5.91 Å². The molecule has 2 atom stereocenters. The summed E-state index contributed by atoms with van der Waals surface area (Å²) in [6, 6.07) is 0.0308. The molecule has 18 heavy (non-hydrogen) atoms. The van der Waals surface area contributed by atoms with Gasteiger partial charge >= 0.3 is 0 Å². The smallest absolute Gasteiger partial charge is 0.241 e. The minimum absolute atomic E-state index is 0.0308. The predicted molar refractivity (Wildman–Crippen MR) is 79.8 cm³/mol. The second-order valence-electron chi connectivity index (χ2n) is 5.11. The van der Waals surface area contributed by atoms with Gasteiger partial charge in [-0.2, -0.15) is 11.8 Å². The molecule has 1 saturated heterocycles. The molecule has 0 radical (unpaired) electrons. The fourth-order valence-electron chi connectivity index (χ4n) is 2.70. The molecule has 3 nitrogen and oxygen atoms in total. The summed E-state index contributed by atoms with van der Waals surface area (Å²) in [4.78, 5) is 14.5. The van der Waals surface area contributed by atoms with Gasteiger partial charge in [0, 0.05) is 11.3 Å². The van der Waals surface area contributed by atoms with Crippen LogP contribution in [0.4, 0.5) is 0 Å². The van der Waals surface area contributed by atoms with Gasteiger partial charge in [0.25, 0.3) is 0 Å². The first-order valence-electron chi connectivity index (χ1n) is 7.19. The zero-order valence-corrected chi connectivity index (χ0v) is 13.3. The highest BCUT2D eigenvalue weighted by Crippen LogP contribution is 2.33. The zero-order valence-electron chi connectivity index (χ0n) is 12.5. The van der Waals surface area contributed by atoms with Crippen LogP contribution in [-0.4, -0.2) is 40.6 Å². The van der Waals surface area contributed by atoms with Crippen LogP contribution < -0.4 is 5.32 Å². The van der Waals surface area contributed by atoms with E-state index in [4.69, 9.17) is 0 Å². The Balaban J connectivity index is 2.83. The lowest BCUT2D eigenvalue weighted by molar-refractivity contribution is -0.130. The average Bonchev–Trinajstić information content (AvgIpc) is 2.72. The van der Waals surface area contributed by atoms with E-state index in [1.165, 1.54) is 0 Å². The van der Waals surface area contributed by atoms with Crippen LogP contribution in [0.25, 0.3) is 0 Å². The lowest BCUT2D eigenvalue weighted by Crippen LogP contribution is -2.46. The molecule has 0 aromatic heterocycles. The van der Waals surface area contributed by atoms with Crippen molar-refractivity contribution in [2.75, 3.05) is 12.8 Å². The van der Waals surface area contributed by atoms with E-state index in [9.17, 15) is 4.79 Å². The lowest BCUT2D eigenvalue weighted by Gasteiger charge is -2.36. The summed E-state index contributed by atoms with van der Waals surface area (Å²) in [6.07, 6.45) is 6.49. The van der Waals surface area contributed by atoms with Gasteiger partial charge < -0.3 is 4.90 Å². The SMILES string of the molecule is CCC1NC(CC)N(CC(CC)(CC)SC)C1=O. The number of amides is 1. The highest BCUT2D eigenvalue weighted by molar-refractivity contribution is 8.00. The minimum Gasteiger partial charge on any atom is -0.324 e. The molecule has 106 valence electrons. The molecular formula is C14H28N2OS. The van der Waals surface area contributed by atoms with E-state index in [1.807, 2.05) is 11.8 Å². The van der Waals surface area contributed by atoms with Crippen LogP contribution in [0.1, 0.15) is 53.4 Å². The van der Waals surface area contributed by atoms with E-state index < -0.39 is 0 Å². The molecule has 1 heterocycles. The number of hydrogen-bond acceptors (Lipinski definition) is 3. The summed E-state index contributed by atoms with van der Waals surface area (Å²) in [5.74, 6) is 0.296. The summed E-state index contributed by atoms with van der Waals surface area (Å²) in [6.45, 7) is 9.56. The van der Waals surface area contributed by atoms with E-state index >= 15 is 0 Å². The van der Waals surface area contributed by atoms with Crippen molar-refractivity contribution in [3.05, 3.63) is 0 Å². The summed E-state index contributed by atoms with van der Waals surface area (Å²) < 4.78 is 0.216. The van der Waals surface area contributed by atoms with E-state index in [0.29, 0.717) is 5.91 Å². The quantitative estimate of drug-likeness (QED) is 0.773. The zero-order chi connectivity index (χ0) is 13.8. The van der Waals surface area contributed by atoms with Crippen LogP contribution in [0.5, 0.6) is 0 Å². The van der Waals surface area contributed by atoms with Gasteiger partial charge in [0.15, 0.2) is 0 Å². The number of nitrogens with one attached hydrogen (secondary N) is 1. The van der Waals surface area contributed by atoms with Crippen LogP contribution >= 0.6 is 11.8 Å². The normalized spacial score (nSPS) is 24.9. The van der Waals surface area contributed by atoms with Crippen molar-refractivity contribution >= 4 is 17.7 Å². The van der Waals surface area contributed by atoms with Gasteiger partial charge in [-0.05, 0) is 31.9 Å². The van der Waals surface area contributed by atoms with Crippen molar-refractivity contribution in [2.45, 2.75) is 70.3 Å². The minimum atomic E-state index is 0.0308. The largest absolute Gasteiger partial charge is 0.324 e. The Hall–Kier alpha value is -0.220. The molecule has 0 aromatic rings. The molecule has 0 bridgehead atoms. The predicted octanol–water partition coefficient (Wildman–Crippen LogP) is 2.85. The van der Waals surface area contributed by atoms with Crippen LogP contribution in [-0.2, 0) is 4.79 Å². The van der Waals surface area contributed by atoms with E-state index in [2.05, 4.69) is 44.2 Å². The van der Waals surface area contributed by atoms with Gasteiger partial charge in [0.1, 0.15) is 0 Å². The molecule has 0 spiro atoms. The number of rotatable bonds is 7. The maximum atomic E-state index is 12.4. The van der Waals surface area contributed by atoms with Gasteiger partial charge in [0.05, 0.1) is 12.2 Å². The summed E-state index contributed by atoms with van der Waals surface area (Å²) in [5, 5.41) is 3.45. The fraction of sp³-hybridized carbons (Fsp3) is 0.929. The second kappa shape index (κ2) is 6.80. The highest BCUT2D eigenvalue weighted by Gasteiger charge is 2.40. The molecule has 4 heteroatoms. The molecule has 0 saturated carbocycles. The summed E-state index contributed by atoms with van der Waals surface area (Å²) in [5.41, 5.74) is 0. The fourth-order valence-corrected chi connectivity index (χ4v) is 3.55. The van der Waals surface area contributed by atoms with Crippen molar-refractivity contribution in [1.82, 2.24) is 10.2 Å². The van der Waals surface area contributed by atoms with Crippen molar-refractivity contribution in [2.24, 2.45) is 0 Å². The number of nitrogens with zero attached hydrogens (tertiary/aromatic N) is 1. The number of carbonyl (C=O) groups excluding carboxylic acids is 1. The number of thioether (sulfide) groups is 1. The molecule has 1 N–H and O–H groups in total. The first-order chi connectivity index (χ1) is 8.57. The number of hydrogen-bond donors (Lipinski definition) is 1. The Morgan fingerprint density at radius 2 is 1.83 bits per heavy atom. The van der Waals surface area contributed by atoms with Crippen molar-refractivity contribution in [1.29, 1.82) is 0 Å². The highest BCUT2D eigenvalue weighted by atomic mass is 32.2. The van der Waals surface area contributed by atoms with Crippen LogP contribution in [0.15, 0.2) is 0 Å². The molecule has 0 aliphatic carbocycles. The summed E-state index contributed by atoms with van der Waals surface area (Å²) in [7, 11) is 0. The Labute approximate surface area is 116 Å². The van der Waals surface area contributed by atoms with Crippen molar-refractivity contribution in [3.8, 4) is 0 Å². The molecule has 1 fully saturated rings. The Kier molecular flexibility index (Phi) is 5.99. The molecule has 1 amide bonds. The maximum absolute atomic E-state index is 12.4. The third-order valence-electron chi connectivity index (χ3n) is 4.33. The third kappa shape index (κ3) is 3.02. The van der Waals surface area contributed by atoms with Crippen LogP contribution in [0.3, 0.4) is 0 Å². The maximum Gasteiger partial charge on any atom is 0.241 e. The van der Waals surface area contributed by atoms with Crippen molar-refractivity contribution in [3.63, 3.8) is 0 Å². The van der Waals surface area contributed by atoms with Crippen molar-refractivity contribution < 1.29 is 4.79 Å². The van der Waals surface area contributed by atoms with Gasteiger partial charge in [-0.1, -0.05) is 27.7 Å². The molecular weight excluding hydrogens is 244 g/mol. The third-order valence-corrected chi connectivity index (χ3v) is 5.90. The van der Waals surface area contributed by atoms with E-state index in [0.717, 1.165) is 32.2 Å². The summed E-state index contributed by atoms with van der Waals surface area (Å²) >= 11 is 1.91. The first-order valence-corrected chi connectivity index (χ1v) is 8.41. The molecule has 2 unspecified atom stereocenters. The Bertz CT molecular complexity index is 271. The second-order valence-corrected chi connectivity index (χ2v) is 6.39. The Morgan fingerprint density at radius 3 is 2.22 bits per heavy atom. The molecule has 1 aliphatic rings. The first kappa shape index (κ1) is 15.8. The van der Waals surface area contributed by atoms with Gasteiger partial charge in [-0.15, -0.1) is 0 Å². The lowest BCUT2D eigenvalue weighted by atomic mass is 10.0. The topological polar surface area (TPSA) is 32.3 Å². The average molecular weight is 272 g/mol. The molecule has 1 rings (SSSR count).